The molecule has 0 bridgehead atoms. The van der Waals surface area contributed by atoms with Crippen LogP contribution in [0.15, 0.2) is 11.3 Å². The van der Waals surface area contributed by atoms with Gasteiger partial charge in [-0.3, -0.25) is 0 Å². The Bertz CT molecular complexity index is 183. The Hall–Kier alpha value is -0.460. The van der Waals surface area contributed by atoms with Crippen LogP contribution in [0.1, 0.15) is 52.9 Å². The van der Waals surface area contributed by atoms with Crippen LogP contribution >= 0.6 is 0 Å². The molecule has 0 amide bonds. The lowest BCUT2D eigenvalue weighted by atomic mass is 9.94. The Morgan fingerprint density at radius 2 is 1.77 bits per heavy atom. The number of hydrogen-bond acceptors (Lipinski definition) is 1. The van der Waals surface area contributed by atoms with E-state index in [9.17, 15) is 5.11 Å². The zero-order valence-corrected chi connectivity index (χ0v) is 9.14. The summed E-state index contributed by atoms with van der Waals surface area (Å²) < 4.78 is 0. The first-order valence-electron chi connectivity index (χ1n) is 5.52. The van der Waals surface area contributed by atoms with Crippen molar-refractivity contribution < 1.29 is 5.11 Å². The second-order valence-electron chi connectivity index (χ2n) is 4.73. The quantitative estimate of drug-likeness (QED) is 0.653. The summed E-state index contributed by atoms with van der Waals surface area (Å²) in [5.74, 6) is 1.75. The van der Waals surface area contributed by atoms with Crippen LogP contribution in [0.4, 0.5) is 0 Å². The van der Waals surface area contributed by atoms with Gasteiger partial charge in [0.1, 0.15) is 0 Å². The van der Waals surface area contributed by atoms with Crippen molar-refractivity contribution in [2.24, 2.45) is 11.8 Å². The Morgan fingerprint density at radius 3 is 2.23 bits per heavy atom. The molecule has 1 saturated carbocycles. The zero-order chi connectivity index (χ0) is 9.84. The van der Waals surface area contributed by atoms with Gasteiger partial charge in [-0.25, -0.2) is 0 Å². The molecule has 0 heterocycles. The topological polar surface area (TPSA) is 20.2 Å². The van der Waals surface area contributed by atoms with E-state index in [-0.39, 0.29) is 0 Å². The van der Waals surface area contributed by atoms with Gasteiger partial charge in [0, 0.05) is 5.92 Å². The largest absolute Gasteiger partial charge is 0.512 e. The lowest BCUT2D eigenvalue weighted by molar-refractivity contribution is 0.304. The van der Waals surface area contributed by atoms with Crippen molar-refractivity contribution >= 4 is 0 Å². The molecule has 1 heteroatoms. The van der Waals surface area contributed by atoms with Crippen LogP contribution in [0.5, 0.6) is 0 Å². The van der Waals surface area contributed by atoms with Gasteiger partial charge in [0.2, 0.25) is 0 Å². The Labute approximate surface area is 81.9 Å². The second-order valence-corrected chi connectivity index (χ2v) is 4.73. The molecule has 0 aliphatic heterocycles. The summed E-state index contributed by atoms with van der Waals surface area (Å²) in [5, 5.41) is 9.95. The predicted molar refractivity (Wildman–Crippen MR) is 56.7 cm³/mol. The number of hydrogen-bond donors (Lipinski definition) is 1. The fourth-order valence-corrected chi connectivity index (χ4v) is 2.23. The number of allylic oxidation sites excluding steroid dienone is 2. The fourth-order valence-electron chi connectivity index (χ4n) is 2.23. The van der Waals surface area contributed by atoms with E-state index in [1.54, 1.807) is 0 Å². The monoisotopic (exact) mass is 182 g/mol. The van der Waals surface area contributed by atoms with Crippen LogP contribution in [0, 0.1) is 11.8 Å². The first kappa shape index (κ1) is 10.6. The van der Waals surface area contributed by atoms with Gasteiger partial charge in [-0.15, -0.1) is 0 Å². The third-order valence-electron chi connectivity index (χ3n) is 2.86. The molecule has 1 atom stereocenters. The molecule has 13 heavy (non-hydrogen) atoms. The highest BCUT2D eigenvalue weighted by molar-refractivity contribution is 5.12. The van der Waals surface area contributed by atoms with Gasteiger partial charge in [0.05, 0.1) is 5.76 Å². The Morgan fingerprint density at radius 1 is 1.23 bits per heavy atom. The smallest absolute Gasteiger partial charge is 0.0942 e. The van der Waals surface area contributed by atoms with Crippen molar-refractivity contribution in [1.82, 2.24) is 0 Å². The maximum atomic E-state index is 9.95. The molecule has 76 valence electrons. The second kappa shape index (κ2) is 4.69. The van der Waals surface area contributed by atoms with Crippen molar-refractivity contribution in [3.63, 3.8) is 0 Å². The number of aliphatic hydroxyl groups excluding tert-OH is 1. The highest BCUT2D eigenvalue weighted by atomic mass is 16.3. The van der Waals surface area contributed by atoms with Crippen LogP contribution in [0.3, 0.4) is 0 Å². The molecule has 0 saturated heterocycles. The fraction of sp³-hybridized carbons (Fsp3) is 0.833. The van der Waals surface area contributed by atoms with Crippen LogP contribution < -0.4 is 0 Å². The van der Waals surface area contributed by atoms with E-state index in [1.807, 2.05) is 0 Å². The molecule has 0 radical (unpaired) electrons. The maximum Gasteiger partial charge on any atom is 0.0942 e. The Kier molecular flexibility index (Phi) is 3.83. The third kappa shape index (κ3) is 3.06. The molecule has 0 spiro atoms. The van der Waals surface area contributed by atoms with Gasteiger partial charge in [-0.1, -0.05) is 20.8 Å². The van der Waals surface area contributed by atoms with Gasteiger partial charge in [-0.2, -0.15) is 0 Å². The van der Waals surface area contributed by atoms with Crippen molar-refractivity contribution in [3.05, 3.63) is 11.3 Å². The number of aliphatic hydroxyl groups is 1. The summed E-state index contributed by atoms with van der Waals surface area (Å²) in [5.41, 5.74) is 1.33. The molecule has 1 nitrogen and oxygen atoms in total. The van der Waals surface area contributed by atoms with E-state index >= 15 is 0 Å². The third-order valence-corrected chi connectivity index (χ3v) is 2.86. The highest BCUT2D eigenvalue weighted by Gasteiger charge is 2.17. The minimum atomic E-state index is 0.369. The summed E-state index contributed by atoms with van der Waals surface area (Å²) in [6.45, 7) is 6.56. The summed E-state index contributed by atoms with van der Waals surface area (Å²) in [7, 11) is 0. The van der Waals surface area contributed by atoms with Gasteiger partial charge in [0.25, 0.3) is 0 Å². The lowest BCUT2D eigenvalue weighted by Crippen LogP contribution is -2.05. The van der Waals surface area contributed by atoms with Crippen molar-refractivity contribution in [1.29, 1.82) is 0 Å². The van der Waals surface area contributed by atoms with Gasteiger partial charge in [-0.05, 0) is 43.6 Å². The average molecular weight is 182 g/mol. The van der Waals surface area contributed by atoms with Crippen LogP contribution in [-0.4, -0.2) is 5.11 Å². The first-order chi connectivity index (χ1) is 6.11. The van der Waals surface area contributed by atoms with Crippen molar-refractivity contribution in [2.75, 3.05) is 0 Å². The summed E-state index contributed by atoms with van der Waals surface area (Å²) in [6.07, 6.45) is 5.92. The van der Waals surface area contributed by atoms with E-state index < -0.39 is 0 Å². The molecule has 1 aliphatic rings. The van der Waals surface area contributed by atoms with Crippen LogP contribution in [-0.2, 0) is 0 Å². The molecule has 1 rings (SSSR count). The minimum Gasteiger partial charge on any atom is -0.512 e. The SMILES string of the molecule is CC(C)CC(C)C(O)=C1CCCC1. The average Bonchev–Trinajstić information content (AvgIpc) is 2.53. The molecule has 1 aliphatic carbocycles. The number of rotatable bonds is 3. The van der Waals surface area contributed by atoms with E-state index in [1.165, 1.54) is 18.4 Å². The van der Waals surface area contributed by atoms with E-state index in [4.69, 9.17) is 0 Å². The summed E-state index contributed by atoms with van der Waals surface area (Å²) >= 11 is 0. The highest BCUT2D eigenvalue weighted by Crippen LogP contribution is 2.30. The van der Waals surface area contributed by atoms with Crippen LogP contribution in [0.25, 0.3) is 0 Å². The molecular weight excluding hydrogens is 160 g/mol. The molecular formula is C12H22O. The first-order valence-corrected chi connectivity index (χ1v) is 5.52. The molecule has 0 aromatic carbocycles. The molecule has 0 aromatic heterocycles. The van der Waals surface area contributed by atoms with Gasteiger partial charge >= 0.3 is 0 Å². The summed E-state index contributed by atoms with van der Waals surface area (Å²) in [4.78, 5) is 0. The zero-order valence-electron chi connectivity index (χ0n) is 9.14. The molecule has 1 fully saturated rings. The lowest BCUT2D eigenvalue weighted by Gasteiger charge is -2.15. The maximum absolute atomic E-state index is 9.95. The molecule has 0 aromatic rings. The van der Waals surface area contributed by atoms with Gasteiger partial charge in [0.15, 0.2) is 0 Å². The summed E-state index contributed by atoms with van der Waals surface area (Å²) in [6, 6.07) is 0. The van der Waals surface area contributed by atoms with Crippen molar-refractivity contribution in [2.45, 2.75) is 52.9 Å². The van der Waals surface area contributed by atoms with Crippen LogP contribution in [0.2, 0.25) is 0 Å². The standard InChI is InChI=1S/C12H22O/c1-9(2)8-10(3)12(13)11-6-4-5-7-11/h9-10,13H,4-8H2,1-3H3. The normalized spacial score (nSPS) is 19.5. The van der Waals surface area contributed by atoms with Gasteiger partial charge < -0.3 is 5.11 Å². The van der Waals surface area contributed by atoms with E-state index in [0.29, 0.717) is 17.6 Å². The Balaban J connectivity index is 2.54. The van der Waals surface area contributed by atoms with Crippen molar-refractivity contribution in [3.8, 4) is 0 Å². The van der Waals surface area contributed by atoms with E-state index in [0.717, 1.165) is 19.3 Å². The minimum absolute atomic E-state index is 0.369. The molecule has 1 N–H and O–H groups in total. The predicted octanol–water partition coefficient (Wildman–Crippen LogP) is 4.05. The van der Waals surface area contributed by atoms with E-state index in [2.05, 4.69) is 20.8 Å². The molecule has 1 unspecified atom stereocenters.